The first-order valence-electron chi connectivity index (χ1n) is 8.43. The van der Waals surface area contributed by atoms with E-state index in [4.69, 9.17) is 9.47 Å². The zero-order chi connectivity index (χ0) is 20.2. The molecule has 2 aromatic rings. The summed E-state index contributed by atoms with van der Waals surface area (Å²) in [7, 11) is 2.92. The fraction of sp³-hybridized carbons (Fsp3) is 0.250. The van der Waals surface area contributed by atoms with Crippen molar-refractivity contribution in [2.24, 2.45) is 5.10 Å². The van der Waals surface area contributed by atoms with Gasteiger partial charge in [0.2, 0.25) is 5.91 Å². The molecule has 0 radical (unpaired) electrons. The quantitative estimate of drug-likeness (QED) is 0.374. The first kappa shape index (κ1) is 21.3. The summed E-state index contributed by atoms with van der Waals surface area (Å²) in [5.74, 6) is 1.69. The molecule has 2 rings (SSSR count). The number of nitrogens with one attached hydrogen (secondary N) is 1. The Hall–Kier alpha value is -3.00. The number of carbonyl (C=O) groups excluding carboxylic acids is 2. The number of esters is 1. The Morgan fingerprint density at radius 2 is 1.89 bits per heavy atom. The van der Waals surface area contributed by atoms with Crippen molar-refractivity contribution >= 4 is 29.9 Å². The molecule has 0 unspecified atom stereocenters. The minimum Gasteiger partial charge on any atom is -0.497 e. The first-order chi connectivity index (χ1) is 13.6. The van der Waals surface area contributed by atoms with Crippen LogP contribution in [0.5, 0.6) is 11.5 Å². The van der Waals surface area contributed by atoms with Crippen LogP contribution in [0.2, 0.25) is 0 Å². The van der Waals surface area contributed by atoms with Crippen molar-refractivity contribution in [3.05, 3.63) is 59.7 Å². The zero-order valence-corrected chi connectivity index (χ0v) is 16.5. The van der Waals surface area contributed by atoms with Gasteiger partial charge in [-0.2, -0.15) is 5.10 Å². The maximum absolute atomic E-state index is 11.9. The van der Waals surface area contributed by atoms with Crippen LogP contribution in [0.1, 0.15) is 11.1 Å². The molecule has 0 spiro atoms. The van der Waals surface area contributed by atoms with Crippen LogP contribution in [-0.4, -0.2) is 44.7 Å². The third kappa shape index (κ3) is 7.71. The number of methoxy groups -OCH3 is 2. The molecule has 148 valence electrons. The number of amides is 1. The summed E-state index contributed by atoms with van der Waals surface area (Å²) in [6, 6.07) is 14.7. The molecule has 8 heteroatoms. The number of hydrogen-bond donors (Lipinski definition) is 1. The molecule has 0 bridgehead atoms. The first-order valence-corrected chi connectivity index (χ1v) is 9.58. The average Bonchev–Trinajstić information content (AvgIpc) is 2.73. The predicted octanol–water partition coefficient (Wildman–Crippen LogP) is 2.63. The van der Waals surface area contributed by atoms with E-state index in [2.05, 4.69) is 15.3 Å². The van der Waals surface area contributed by atoms with E-state index in [0.29, 0.717) is 11.5 Å². The number of thioether (sulfide) groups is 1. The minimum absolute atomic E-state index is 0.167. The minimum atomic E-state index is -0.460. The van der Waals surface area contributed by atoms with Crippen molar-refractivity contribution in [3.63, 3.8) is 0 Å². The van der Waals surface area contributed by atoms with Gasteiger partial charge in [-0.15, -0.1) is 11.8 Å². The topological polar surface area (TPSA) is 86.2 Å². The van der Waals surface area contributed by atoms with E-state index in [1.54, 1.807) is 31.4 Å². The lowest BCUT2D eigenvalue weighted by Crippen LogP contribution is -2.19. The van der Waals surface area contributed by atoms with Crippen LogP contribution in [0.3, 0.4) is 0 Å². The van der Waals surface area contributed by atoms with E-state index in [-0.39, 0.29) is 12.5 Å². The summed E-state index contributed by atoms with van der Waals surface area (Å²) < 4.78 is 14.9. The highest BCUT2D eigenvalue weighted by molar-refractivity contribution is 7.99. The van der Waals surface area contributed by atoms with Crippen molar-refractivity contribution in [2.45, 2.75) is 5.75 Å². The number of carbonyl (C=O) groups is 2. The maximum atomic E-state index is 11.9. The predicted molar refractivity (Wildman–Crippen MR) is 109 cm³/mol. The highest BCUT2D eigenvalue weighted by Crippen LogP contribution is 2.16. The molecule has 0 aliphatic carbocycles. The van der Waals surface area contributed by atoms with E-state index < -0.39 is 5.97 Å². The second-order valence-corrected chi connectivity index (χ2v) is 6.56. The van der Waals surface area contributed by atoms with E-state index in [0.717, 1.165) is 22.6 Å². The van der Waals surface area contributed by atoms with Gasteiger partial charge in [0.15, 0.2) is 6.61 Å². The van der Waals surface area contributed by atoms with Crippen LogP contribution in [0.15, 0.2) is 53.6 Å². The lowest BCUT2D eigenvalue weighted by molar-refractivity contribution is -0.142. The third-order valence-electron chi connectivity index (χ3n) is 3.51. The standard InChI is InChI=1S/C20H22N2O5S/c1-25-17-8-6-15(7-9-17)13-28-14-19(23)22-21-11-16-4-3-5-18(10-16)27-12-20(24)26-2/h3-11H,12-14H2,1-2H3,(H,22,23). The van der Waals surface area contributed by atoms with Gasteiger partial charge in [0.05, 0.1) is 26.2 Å². The summed E-state index contributed by atoms with van der Waals surface area (Å²) in [6.45, 7) is -0.167. The fourth-order valence-corrected chi connectivity index (χ4v) is 2.86. The molecule has 0 fully saturated rings. The van der Waals surface area contributed by atoms with Gasteiger partial charge in [-0.25, -0.2) is 10.2 Å². The van der Waals surface area contributed by atoms with Crippen molar-refractivity contribution in [3.8, 4) is 11.5 Å². The largest absolute Gasteiger partial charge is 0.497 e. The molecule has 1 amide bonds. The van der Waals surface area contributed by atoms with E-state index in [1.165, 1.54) is 25.1 Å². The molecule has 28 heavy (non-hydrogen) atoms. The number of nitrogens with zero attached hydrogens (tertiary/aromatic N) is 1. The number of benzene rings is 2. The Kier molecular flexibility index (Phi) is 8.87. The summed E-state index contributed by atoms with van der Waals surface area (Å²) in [5, 5.41) is 3.94. The Morgan fingerprint density at radius 3 is 2.61 bits per heavy atom. The number of hydrazone groups is 1. The van der Waals surface area contributed by atoms with Gasteiger partial charge in [0.1, 0.15) is 11.5 Å². The Balaban J connectivity index is 1.72. The van der Waals surface area contributed by atoms with Gasteiger partial charge in [-0.05, 0) is 35.4 Å². The fourth-order valence-electron chi connectivity index (χ4n) is 2.08. The Morgan fingerprint density at radius 1 is 1.11 bits per heavy atom. The summed E-state index contributed by atoms with van der Waals surface area (Å²) in [4.78, 5) is 23.0. The molecular weight excluding hydrogens is 380 g/mol. The van der Waals surface area contributed by atoms with Gasteiger partial charge in [0, 0.05) is 5.75 Å². The van der Waals surface area contributed by atoms with E-state index >= 15 is 0 Å². The number of hydrogen-bond acceptors (Lipinski definition) is 7. The Labute approximate surface area is 168 Å². The van der Waals surface area contributed by atoms with Crippen LogP contribution in [0.4, 0.5) is 0 Å². The number of rotatable bonds is 10. The second-order valence-electron chi connectivity index (χ2n) is 5.57. The molecule has 0 aliphatic heterocycles. The molecule has 0 heterocycles. The molecule has 0 atom stereocenters. The van der Waals surface area contributed by atoms with Crippen LogP contribution in [0.25, 0.3) is 0 Å². The van der Waals surface area contributed by atoms with Crippen LogP contribution < -0.4 is 14.9 Å². The van der Waals surface area contributed by atoms with Crippen molar-refractivity contribution in [2.75, 3.05) is 26.6 Å². The molecule has 7 nitrogen and oxygen atoms in total. The van der Waals surface area contributed by atoms with Crippen molar-refractivity contribution < 1.29 is 23.8 Å². The average molecular weight is 402 g/mol. The Bertz CT molecular complexity index is 808. The normalized spacial score (nSPS) is 10.5. The van der Waals surface area contributed by atoms with Gasteiger partial charge in [-0.1, -0.05) is 24.3 Å². The summed E-state index contributed by atoms with van der Waals surface area (Å²) in [6.07, 6.45) is 1.51. The lowest BCUT2D eigenvalue weighted by atomic mass is 10.2. The molecule has 0 saturated heterocycles. The molecule has 0 saturated carbocycles. The van der Waals surface area contributed by atoms with Crippen molar-refractivity contribution in [1.29, 1.82) is 0 Å². The highest BCUT2D eigenvalue weighted by atomic mass is 32.2. The molecule has 0 aliphatic rings. The molecule has 2 aromatic carbocycles. The number of ether oxygens (including phenoxy) is 3. The molecule has 1 N–H and O–H groups in total. The van der Waals surface area contributed by atoms with Crippen molar-refractivity contribution in [1.82, 2.24) is 5.43 Å². The smallest absolute Gasteiger partial charge is 0.343 e. The van der Waals surface area contributed by atoms with Gasteiger partial charge in [0.25, 0.3) is 0 Å². The van der Waals surface area contributed by atoms with Gasteiger partial charge < -0.3 is 14.2 Å². The second kappa shape index (κ2) is 11.7. The van der Waals surface area contributed by atoms with E-state index in [9.17, 15) is 9.59 Å². The SMILES string of the molecule is COC(=O)COc1cccc(C=NNC(=O)CSCc2ccc(OC)cc2)c1. The van der Waals surface area contributed by atoms with Crippen LogP contribution >= 0.6 is 11.8 Å². The summed E-state index contributed by atoms with van der Waals surface area (Å²) in [5.41, 5.74) is 4.34. The molecular formula is C20H22N2O5S. The van der Waals surface area contributed by atoms with Crippen LogP contribution in [0, 0.1) is 0 Å². The van der Waals surface area contributed by atoms with Crippen LogP contribution in [-0.2, 0) is 20.1 Å². The monoisotopic (exact) mass is 402 g/mol. The van der Waals surface area contributed by atoms with Gasteiger partial charge >= 0.3 is 5.97 Å². The third-order valence-corrected chi connectivity index (χ3v) is 4.51. The maximum Gasteiger partial charge on any atom is 0.343 e. The van der Waals surface area contributed by atoms with E-state index in [1.807, 2.05) is 24.3 Å². The zero-order valence-electron chi connectivity index (χ0n) is 15.7. The molecule has 0 aromatic heterocycles. The summed E-state index contributed by atoms with van der Waals surface area (Å²) >= 11 is 1.50. The van der Waals surface area contributed by atoms with Gasteiger partial charge in [-0.3, -0.25) is 4.79 Å². The highest BCUT2D eigenvalue weighted by Gasteiger charge is 2.03. The lowest BCUT2D eigenvalue weighted by Gasteiger charge is -2.05.